The van der Waals surface area contributed by atoms with E-state index in [4.69, 9.17) is 0 Å². The lowest BCUT2D eigenvalue weighted by Crippen LogP contribution is -2.18. The number of thioether (sulfide) groups is 1. The van der Waals surface area contributed by atoms with Gasteiger partial charge in [0.1, 0.15) is 5.82 Å². The molecule has 0 saturated heterocycles. The van der Waals surface area contributed by atoms with Crippen LogP contribution in [0.15, 0.2) is 12.3 Å². The molecular formula is C12H19N3O2S. The Bertz CT molecular complexity index is 387. The third-order valence-electron chi connectivity index (χ3n) is 2.32. The molecule has 1 rings (SSSR count). The Morgan fingerprint density at radius 3 is 3.06 bits per heavy atom. The van der Waals surface area contributed by atoms with Crippen LogP contribution in [0.2, 0.25) is 0 Å². The van der Waals surface area contributed by atoms with Crippen molar-refractivity contribution in [2.75, 3.05) is 23.9 Å². The number of aromatic nitrogens is 2. The van der Waals surface area contributed by atoms with Crippen LogP contribution in [0.3, 0.4) is 0 Å². The maximum atomic E-state index is 11.3. The quantitative estimate of drug-likeness (QED) is 0.605. The van der Waals surface area contributed by atoms with Gasteiger partial charge in [-0.25, -0.2) is 14.8 Å². The summed E-state index contributed by atoms with van der Waals surface area (Å²) in [5, 5.41) is 3.25. The van der Waals surface area contributed by atoms with E-state index in [1.807, 2.05) is 11.8 Å². The van der Waals surface area contributed by atoms with Gasteiger partial charge < -0.3 is 10.1 Å². The number of carbonyl (C=O) groups excluding carboxylic acids is 1. The summed E-state index contributed by atoms with van der Waals surface area (Å²) in [6, 6.07) is 2.06. The highest BCUT2D eigenvalue weighted by Crippen LogP contribution is 2.09. The van der Waals surface area contributed by atoms with Crippen molar-refractivity contribution in [3.05, 3.63) is 18.1 Å². The van der Waals surface area contributed by atoms with E-state index in [-0.39, 0.29) is 5.82 Å². The number of carbonyl (C=O) groups is 1. The number of nitrogens with zero attached hydrogens (tertiary/aromatic N) is 2. The second kappa shape index (κ2) is 7.92. The van der Waals surface area contributed by atoms with Crippen LogP contribution < -0.4 is 5.32 Å². The van der Waals surface area contributed by atoms with E-state index >= 15 is 0 Å². The highest BCUT2D eigenvalue weighted by molar-refractivity contribution is 7.99. The molecule has 6 heteroatoms. The first-order chi connectivity index (χ1) is 8.67. The van der Waals surface area contributed by atoms with Crippen LogP contribution in [0.1, 0.15) is 30.9 Å². The van der Waals surface area contributed by atoms with Crippen molar-refractivity contribution in [3.63, 3.8) is 0 Å². The lowest BCUT2D eigenvalue weighted by atomic mass is 10.2. The molecule has 5 nitrogen and oxygen atoms in total. The lowest BCUT2D eigenvalue weighted by molar-refractivity contribution is 0.0587. The number of hydrogen-bond acceptors (Lipinski definition) is 6. The normalized spacial score (nSPS) is 11.9. The molecule has 0 radical (unpaired) electrons. The molecular weight excluding hydrogens is 250 g/mol. The van der Waals surface area contributed by atoms with Crippen LogP contribution in [-0.2, 0) is 4.74 Å². The molecule has 0 aliphatic carbocycles. The molecule has 1 aromatic rings. The first-order valence-corrected chi connectivity index (χ1v) is 7.08. The van der Waals surface area contributed by atoms with Gasteiger partial charge in [-0.2, -0.15) is 11.8 Å². The van der Waals surface area contributed by atoms with Crippen LogP contribution in [0, 0.1) is 0 Å². The summed E-state index contributed by atoms with van der Waals surface area (Å²) < 4.78 is 4.58. The fourth-order valence-electron chi connectivity index (χ4n) is 1.36. The van der Waals surface area contributed by atoms with Gasteiger partial charge >= 0.3 is 5.97 Å². The van der Waals surface area contributed by atoms with Crippen LogP contribution >= 0.6 is 11.8 Å². The smallest absolute Gasteiger partial charge is 0.376 e. The van der Waals surface area contributed by atoms with Crippen molar-refractivity contribution in [1.82, 2.24) is 9.97 Å². The molecule has 0 aromatic carbocycles. The largest absolute Gasteiger partial charge is 0.463 e. The Balaban J connectivity index is 2.53. The molecule has 1 atom stereocenters. The lowest BCUT2D eigenvalue weighted by Gasteiger charge is -2.14. The minimum atomic E-state index is -0.521. The molecule has 0 fully saturated rings. The molecule has 0 aliphatic heterocycles. The number of anilines is 1. The van der Waals surface area contributed by atoms with E-state index in [1.165, 1.54) is 7.11 Å². The zero-order valence-corrected chi connectivity index (χ0v) is 11.8. The summed E-state index contributed by atoms with van der Waals surface area (Å²) in [5.74, 6) is 2.46. The molecule has 0 bridgehead atoms. The topological polar surface area (TPSA) is 64.1 Å². The van der Waals surface area contributed by atoms with Crippen LogP contribution in [0.25, 0.3) is 0 Å². The molecule has 0 saturated carbocycles. The second-order valence-corrected chi connectivity index (χ2v) is 5.18. The molecule has 0 aliphatic rings. The third kappa shape index (κ3) is 4.91. The number of methoxy groups -OCH3 is 1. The summed E-state index contributed by atoms with van der Waals surface area (Å²) in [5.41, 5.74) is 0. The van der Waals surface area contributed by atoms with Crippen LogP contribution in [-0.4, -0.2) is 40.6 Å². The summed E-state index contributed by atoms with van der Waals surface area (Å²) in [4.78, 5) is 19.3. The fourth-order valence-corrected chi connectivity index (χ4v) is 2.17. The SMILES string of the molecule is CCSCCC(C)Nc1ccnc(C(=O)OC)n1. The molecule has 0 spiro atoms. The highest BCUT2D eigenvalue weighted by Gasteiger charge is 2.10. The third-order valence-corrected chi connectivity index (χ3v) is 3.25. The Labute approximate surface area is 112 Å². The van der Waals surface area contributed by atoms with Crippen LogP contribution in [0.5, 0.6) is 0 Å². The maximum absolute atomic E-state index is 11.3. The molecule has 1 aromatic heterocycles. The zero-order valence-electron chi connectivity index (χ0n) is 11.0. The number of nitrogens with one attached hydrogen (secondary N) is 1. The van der Waals surface area contributed by atoms with Gasteiger partial charge in [-0.15, -0.1) is 0 Å². The maximum Gasteiger partial charge on any atom is 0.376 e. The van der Waals surface area contributed by atoms with Crippen molar-refractivity contribution in [1.29, 1.82) is 0 Å². The molecule has 1 unspecified atom stereocenters. The predicted molar refractivity (Wildman–Crippen MR) is 74.1 cm³/mol. The molecule has 0 amide bonds. The molecule has 1 heterocycles. The van der Waals surface area contributed by atoms with Crippen molar-refractivity contribution in [3.8, 4) is 0 Å². The van der Waals surface area contributed by atoms with Crippen LogP contribution in [0.4, 0.5) is 5.82 Å². The fraction of sp³-hybridized carbons (Fsp3) is 0.583. The number of rotatable bonds is 7. The van der Waals surface area contributed by atoms with E-state index in [2.05, 4.69) is 33.9 Å². The van der Waals surface area contributed by atoms with Crippen molar-refractivity contribution >= 4 is 23.5 Å². The minimum Gasteiger partial charge on any atom is -0.463 e. The predicted octanol–water partition coefficient (Wildman–Crippen LogP) is 2.21. The number of ether oxygens (including phenoxy) is 1. The average Bonchev–Trinajstić information content (AvgIpc) is 2.38. The summed E-state index contributed by atoms with van der Waals surface area (Å²) >= 11 is 1.91. The molecule has 18 heavy (non-hydrogen) atoms. The zero-order chi connectivity index (χ0) is 13.4. The average molecular weight is 269 g/mol. The Morgan fingerprint density at radius 1 is 1.61 bits per heavy atom. The van der Waals surface area contributed by atoms with E-state index in [0.717, 1.165) is 17.9 Å². The monoisotopic (exact) mass is 269 g/mol. The Kier molecular flexibility index (Phi) is 6.49. The summed E-state index contributed by atoms with van der Waals surface area (Å²) in [7, 11) is 1.32. The van der Waals surface area contributed by atoms with E-state index in [0.29, 0.717) is 11.9 Å². The van der Waals surface area contributed by atoms with Gasteiger partial charge in [0, 0.05) is 12.2 Å². The molecule has 100 valence electrons. The van der Waals surface area contributed by atoms with Gasteiger partial charge in [0.05, 0.1) is 7.11 Å². The highest BCUT2D eigenvalue weighted by atomic mass is 32.2. The van der Waals surface area contributed by atoms with Gasteiger partial charge in [0.2, 0.25) is 5.82 Å². The molecule has 1 N–H and O–H groups in total. The van der Waals surface area contributed by atoms with Gasteiger partial charge in [-0.3, -0.25) is 0 Å². The van der Waals surface area contributed by atoms with Crippen molar-refractivity contribution in [2.24, 2.45) is 0 Å². The standard InChI is InChI=1S/C12H19N3O2S/c1-4-18-8-6-9(2)14-10-5-7-13-11(15-10)12(16)17-3/h5,7,9H,4,6,8H2,1-3H3,(H,13,14,15). The van der Waals surface area contributed by atoms with Crippen molar-refractivity contribution in [2.45, 2.75) is 26.3 Å². The number of hydrogen-bond donors (Lipinski definition) is 1. The van der Waals surface area contributed by atoms with E-state index in [9.17, 15) is 4.79 Å². The number of esters is 1. The van der Waals surface area contributed by atoms with Gasteiger partial charge in [0.25, 0.3) is 0 Å². The van der Waals surface area contributed by atoms with Gasteiger partial charge in [-0.05, 0) is 30.9 Å². The Hall–Kier alpha value is -1.30. The van der Waals surface area contributed by atoms with Gasteiger partial charge in [0.15, 0.2) is 0 Å². The van der Waals surface area contributed by atoms with E-state index in [1.54, 1.807) is 12.3 Å². The van der Waals surface area contributed by atoms with Gasteiger partial charge in [-0.1, -0.05) is 6.92 Å². The second-order valence-electron chi connectivity index (χ2n) is 3.79. The Morgan fingerprint density at radius 2 is 2.39 bits per heavy atom. The first-order valence-electron chi connectivity index (χ1n) is 5.93. The minimum absolute atomic E-state index is 0.0811. The first kappa shape index (κ1) is 14.8. The van der Waals surface area contributed by atoms with E-state index < -0.39 is 5.97 Å². The van der Waals surface area contributed by atoms with Crippen molar-refractivity contribution < 1.29 is 9.53 Å². The summed E-state index contributed by atoms with van der Waals surface area (Å²) in [6.45, 7) is 4.24. The summed E-state index contributed by atoms with van der Waals surface area (Å²) in [6.07, 6.45) is 2.60.